The molecule has 5 nitrogen and oxygen atoms in total. The summed E-state index contributed by atoms with van der Waals surface area (Å²) in [6.45, 7) is 15.0. The van der Waals surface area contributed by atoms with Gasteiger partial charge in [0, 0.05) is 19.3 Å². The van der Waals surface area contributed by atoms with E-state index in [0.29, 0.717) is 32.2 Å². The maximum Gasteiger partial charge on any atom is 0.133 e. The molecule has 0 spiro atoms. The molecule has 2 heterocycles. The molecule has 2 N–H and O–H groups in total. The van der Waals surface area contributed by atoms with Crippen molar-refractivity contribution in [3.63, 3.8) is 0 Å². The number of rotatable bonds is 3. The third-order valence-electron chi connectivity index (χ3n) is 6.19. The van der Waals surface area contributed by atoms with Crippen LogP contribution in [0, 0.1) is 5.92 Å². The lowest BCUT2D eigenvalue weighted by molar-refractivity contribution is -1.14. The average Bonchev–Trinajstić information content (AvgIpc) is 2.41. The monoisotopic (exact) mass is 316 g/mol. The van der Waals surface area contributed by atoms with Crippen molar-refractivity contribution < 1.29 is 24.4 Å². The largest absolute Gasteiger partial charge is 0.370 e. The van der Waals surface area contributed by atoms with Gasteiger partial charge >= 0.3 is 0 Å². The highest BCUT2D eigenvalue weighted by Crippen LogP contribution is 2.37. The summed E-state index contributed by atoms with van der Waals surface area (Å²) in [6, 6.07) is 0. The highest BCUT2D eigenvalue weighted by Gasteiger charge is 2.49. The fraction of sp³-hybridized carbons (Fsp3) is 1.00. The molecular weight excluding hydrogens is 280 g/mol. The number of hydroxylamine groups is 6. The van der Waals surface area contributed by atoms with E-state index in [9.17, 15) is 10.4 Å². The van der Waals surface area contributed by atoms with Crippen molar-refractivity contribution in [2.24, 2.45) is 5.92 Å². The van der Waals surface area contributed by atoms with Gasteiger partial charge in [-0.1, -0.05) is 0 Å². The zero-order chi connectivity index (χ0) is 16.6. The van der Waals surface area contributed by atoms with Crippen LogP contribution in [0.3, 0.4) is 0 Å². The lowest BCUT2D eigenvalue weighted by Gasteiger charge is -2.49. The van der Waals surface area contributed by atoms with Gasteiger partial charge in [-0.15, -0.1) is 0 Å². The van der Waals surface area contributed by atoms with Gasteiger partial charge in [-0.25, -0.2) is 10.4 Å². The summed E-state index contributed by atoms with van der Waals surface area (Å²) in [7, 11) is 0. The van der Waals surface area contributed by atoms with Crippen molar-refractivity contribution in [1.29, 1.82) is 0 Å². The first-order chi connectivity index (χ1) is 9.99. The van der Waals surface area contributed by atoms with E-state index in [1.54, 1.807) is 0 Å². The minimum absolute atomic E-state index is 0.116. The third kappa shape index (κ3) is 3.49. The predicted molar refractivity (Wildman–Crippen MR) is 85.6 cm³/mol. The standard InChI is InChI=1S/C17H36N2O3/c1-16(2,3)18(20)8-6-15(7-9-18)14-17(4,5)19(21)10-12-22-13-11-19/h15,20-21H,6-14H2,1-5H3/q+2. The fourth-order valence-electron chi connectivity index (χ4n) is 4.05. The fourth-order valence-corrected chi connectivity index (χ4v) is 4.05. The molecule has 5 heteroatoms. The number of morpholine rings is 1. The van der Waals surface area contributed by atoms with E-state index in [1.165, 1.54) is 0 Å². The van der Waals surface area contributed by atoms with Gasteiger partial charge in [-0.2, -0.15) is 9.29 Å². The lowest BCUT2D eigenvalue weighted by Crippen LogP contribution is -2.65. The maximum absolute atomic E-state index is 11.0. The summed E-state index contributed by atoms with van der Waals surface area (Å²) in [5, 5.41) is 21.8. The molecule has 0 amide bonds. The molecule has 0 aliphatic carbocycles. The van der Waals surface area contributed by atoms with Crippen LogP contribution < -0.4 is 0 Å². The summed E-state index contributed by atoms with van der Waals surface area (Å²) in [4.78, 5) is 0. The molecule has 0 saturated carbocycles. The molecule has 0 radical (unpaired) electrons. The van der Waals surface area contributed by atoms with Crippen LogP contribution in [0.4, 0.5) is 0 Å². The van der Waals surface area contributed by atoms with Crippen LogP contribution in [-0.4, -0.2) is 70.2 Å². The molecule has 2 aliphatic heterocycles. The molecule has 0 aromatic heterocycles. The number of hydrogen-bond acceptors (Lipinski definition) is 3. The van der Waals surface area contributed by atoms with Crippen LogP contribution in [0.15, 0.2) is 0 Å². The summed E-state index contributed by atoms with van der Waals surface area (Å²) < 4.78 is 5.71. The van der Waals surface area contributed by atoms with Gasteiger partial charge in [0.2, 0.25) is 0 Å². The van der Waals surface area contributed by atoms with E-state index >= 15 is 0 Å². The van der Waals surface area contributed by atoms with Crippen LogP contribution >= 0.6 is 0 Å². The van der Waals surface area contributed by atoms with Gasteiger partial charge in [-0.05, 0) is 40.5 Å². The van der Waals surface area contributed by atoms with Crippen molar-refractivity contribution >= 4 is 0 Å². The molecule has 2 rings (SSSR count). The average molecular weight is 316 g/mol. The first-order valence-corrected chi connectivity index (χ1v) is 8.77. The normalized spacial score (nSPS) is 33.7. The Morgan fingerprint density at radius 1 is 0.864 bits per heavy atom. The highest BCUT2D eigenvalue weighted by molar-refractivity contribution is 4.78. The molecule has 22 heavy (non-hydrogen) atoms. The Bertz CT molecular complexity index is 376. The summed E-state index contributed by atoms with van der Waals surface area (Å²) >= 11 is 0. The Labute approximate surface area is 135 Å². The second-order valence-corrected chi connectivity index (χ2v) is 8.98. The van der Waals surface area contributed by atoms with Crippen LogP contribution in [0.2, 0.25) is 0 Å². The first kappa shape index (κ1) is 18.1. The van der Waals surface area contributed by atoms with Crippen molar-refractivity contribution in [1.82, 2.24) is 0 Å². The second-order valence-electron chi connectivity index (χ2n) is 8.98. The van der Waals surface area contributed by atoms with Crippen LogP contribution in [0.1, 0.15) is 53.9 Å². The SMILES string of the molecule is CC(C)(C)[N+]1(O)CCC(CC(C)(C)[N+]2(O)CCOCC2)CC1. The molecular formula is C17H36N2O3+2. The number of piperidine rings is 1. The molecule has 0 atom stereocenters. The second kappa shape index (κ2) is 6.02. The zero-order valence-corrected chi connectivity index (χ0v) is 15.1. The number of nitrogens with zero attached hydrogens (tertiary/aromatic N) is 2. The Morgan fingerprint density at radius 2 is 1.36 bits per heavy atom. The van der Waals surface area contributed by atoms with E-state index in [1.807, 2.05) is 0 Å². The first-order valence-electron chi connectivity index (χ1n) is 8.77. The van der Waals surface area contributed by atoms with E-state index in [4.69, 9.17) is 4.74 Å². The van der Waals surface area contributed by atoms with Gasteiger partial charge in [-0.3, -0.25) is 0 Å². The molecule has 2 aliphatic rings. The molecule has 2 saturated heterocycles. The Kier molecular flexibility index (Phi) is 4.97. The quantitative estimate of drug-likeness (QED) is 0.787. The van der Waals surface area contributed by atoms with Crippen LogP contribution in [0.25, 0.3) is 0 Å². The van der Waals surface area contributed by atoms with Gasteiger partial charge in [0.15, 0.2) is 0 Å². The third-order valence-corrected chi connectivity index (χ3v) is 6.19. The Hall–Kier alpha value is -0.200. The highest BCUT2D eigenvalue weighted by atomic mass is 16.6. The Balaban J connectivity index is 1.95. The lowest BCUT2D eigenvalue weighted by atomic mass is 9.81. The molecule has 0 aromatic carbocycles. The van der Waals surface area contributed by atoms with Crippen molar-refractivity contribution in [3.8, 4) is 0 Å². The Morgan fingerprint density at radius 3 is 1.82 bits per heavy atom. The molecule has 130 valence electrons. The number of quaternary nitrogens is 2. The summed E-state index contributed by atoms with van der Waals surface area (Å²) in [6.07, 6.45) is 3.08. The minimum Gasteiger partial charge on any atom is -0.370 e. The van der Waals surface area contributed by atoms with E-state index in [-0.39, 0.29) is 20.4 Å². The smallest absolute Gasteiger partial charge is 0.133 e. The van der Waals surface area contributed by atoms with Crippen molar-refractivity contribution in [2.45, 2.75) is 65.0 Å². The zero-order valence-electron chi connectivity index (χ0n) is 15.1. The summed E-state index contributed by atoms with van der Waals surface area (Å²) in [5.74, 6) is 0.584. The van der Waals surface area contributed by atoms with Crippen LogP contribution in [0.5, 0.6) is 0 Å². The number of hydrogen-bond donors (Lipinski definition) is 2. The minimum atomic E-state index is -0.154. The molecule has 0 aromatic rings. The van der Waals surface area contributed by atoms with E-state index in [2.05, 4.69) is 34.6 Å². The number of likely N-dealkylation sites (tertiary alicyclic amines) is 1. The van der Waals surface area contributed by atoms with Gasteiger partial charge in [0.25, 0.3) is 0 Å². The van der Waals surface area contributed by atoms with E-state index in [0.717, 1.165) is 32.4 Å². The molecule has 0 unspecified atom stereocenters. The van der Waals surface area contributed by atoms with Crippen molar-refractivity contribution in [2.75, 3.05) is 39.4 Å². The van der Waals surface area contributed by atoms with Gasteiger partial charge < -0.3 is 4.74 Å². The van der Waals surface area contributed by atoms with Crippen molar-refractivity contribution in [3.05, 3.63) is 0 Å². The van der Waals surface area contributed by atoms with Gasteiger partial charge in [0.05, 0.1) is 13.2 Å². The summed E-state index contributed by atoms with van der Waals surface area (Å²) in [5.41, 5.74) is -0.270. The van der Waals surface area contributed by atoms with Crippen LogP contribution in [-0.2, 0) is 4.74 Å². The predicted octanol–water partition coefficient (Wildman–Crippen LogP) is 2.81. The molecule has 0 bridgehead atoms. The number of ether oxygens (including phenoxy) is 1. The maximum atomic E-state index is 11.0. The van der Waals surface area contributed by atoms with E-state index < -0.39 is 0 Å². The van der Waals surface area contributed by atoms with Gasteiger partial charge in [0.1, 0.15) is 37.3 Å². The molecule has 2 fully saturated rings. The topological polar surface area (TPSA) is 49.7 Å².